The van der Waals surface area contributed by atoms with Gasteiger partial charge in [-0.2, -0.15) is 5.10 Å². The van der Waals surface area contributed by atoms with Gasteiger partial charge >= 0.3 is 0 Å². The third kappa shape index (κ3) is 3.22. The topological polar surface area (TPSA) is 41.4 Å². The third-order valence-electron chi connectivity index (χ3n) is 5.08. The predicted octanol–water partition coefficient (Wildman–Crippen LogP) is 2.09. The molecule has 1 saturated heterocycles. The number of aromatic nitrogens is 2. The van der Waals surface area contributed by atoms with Crippen LogP contribution in [-0.2, 0) is 18.3 Å². The summed E-state index contributed by atoms with van der Waals surface area (Å²) in [6.07, 6.45) is 0.429. The molecule has 5 nitrogen and oxygen atoms in total. The Bertz CT molecular complexity index is 722. The molecule has 1 amide bonds. The zero-order valence-corrected chi connectivity index (χ0v) is 15.0. The molecule has 5 heteroatoms. The Labute approximate surface area is 143 Å². The van der Waals surface area contributed by atoms with Gasteiger partial charge in [-0.15, -0.1) is 0 Å². The molecule has 1 aromatic carbocycles. The van der Waals surface area contributed by atoms with Crippen molar-refractivity contribution in [2.24, 2.45) is 7.05 Å². The predicted molar refractivity (Wildman–Crippen MR) is 94.8 cm³/mol. The molecule has 1 aliphatic heterocycles. The molecule has 0 unspecified atom stereocenters. The molecule has 0 spiro atoms. The van der Waals surface area contributed by atoms with Crippen molar-refractivity contribution < 1.29 is 4.79 Å². The number of nitrogens with zero attached hydrogens (tertiary/aromatic N) is 4. The average molecular weight is 326 g/mol. The molecule has 2 heterocycles. The van der Waals surface area contributed by atoms with Crippen molar-refractivity contribution >= 4 is 5.91 Å². The number of aryl methyl sites for hydroxylation is 2. The lowest BCUT2D eigenvalue weighted by Crippen LogP contribution is -2.49. The van der Waals surface area contributed by atoms with Gasteiger partial charge in [0.2, 0.25) is 5.91 Å². The molecule has 1 fully saturated rings. The maximum atomic E-state index is 13.0. The summed E-state index contributed by atoms with van der Waals surface area (Å²) in [5.41, 5.74) is 4.30. The number of carbonyl (C=O) groups excluding carboxylic acids is 1. The van der Waals surface area contributed by atoms with E-state index < -0.39 is 0 Å². The van der Waals surface area contributed by atoms with Crippen LogP contribution in [0.4, 0.5) is 0 Å². The molecular formula is C19H26N4O. The van der Waals surface area contributed by atoms with Crippen molar-refractivity contribution in [2.75, 3.05) is 26.7 Å². The van der Waals surface area contributed by atoms with E-state index in [2.05, 4.69) is 29.2 Å². The summed E-state index contributed by atoms with van der Waals surface area (Å²) in [7, 11) is 4.05. The third-order valence-corrected chi connectivity index (χ3v) is 5.08. The van der Waals surface area contributed by atoms with Gasteiger partial charge in [0.15, 0.2) is 0 Å². The van der Waals surface area contributed by atoms with Crippen molar-refractivity contribution in [1.82, 2.24) is 19.6 Å². The number of amides is 1. The van der Waals surface area contributed by atoms with Crippen LogP contribution in [0.1, 0.15) is 28.6 Å². The average Bonchev–Trinajstić information content (AvgIpc) is 2.81. The maximum Gasteiger partial charge on any atom is 0.227 e. The number of carbonyl (C=O) groups is 1. The highest BCUT2D eigenvalue weighted by Crippen LogP contribution is 2.26. The summed E-state index contributed by atoms with van der Waals surface area (Å²) in [5, 5.41) is 4.44. The van der Waals surface area contributed by atoms with Crippen molar-refractivity contribution in [1.29, 1.82) is 0 Å². The summed E-state index contributed by atoms with van der Waals surface area (Å²) in [4.78, 5) is 17.4. The largest absolute Gasteiger partial charge is 0.333 e. The van der Waals surface area contributed by atoms with Gasteiger partial charge in [-0.3, -0.25) is 9.48 Å². The fourth-order valence-corrected chi connectivity index (χ4v) is 3.50. The van der Waals surface area contributed by atoms with E-state index in [0.29, 0.717) is 6.42 Å². The molecule has 0 bridgehead atoms. The zero-order valence-electron chi connectivity index (χ0n) is 15.0. The van der Waals surface area contributed by atoms with Crippen LogP contribution in [0, 0.1) is 13.8 Å². The lowest BCUT2D eigenvalue weighted by Gasteiger charge is -2.40. The Morgan fingerprint density at radius 1 is 1.17 bits per heavy atom. The summed E-state index contributed by atoms with van der Waals surface area (Å²) < 4.78 is 1.86. The van der Waals surface area contributed by atoms with E-state index in [1.54, 1.807) is 0 Å². The number of hydrogen-bond acceptors (Lipinski definition) is 3. The first-order chi connectivity index (χ1) is 11.5. The Hall–Kier alpha value is -2.14. The Kier molecular flexibility index (Phi) is 4.71. The van der Waals surface area contributed by atoms with Gasteiger partial charge in [0, 0.05) is 37.9 Å². The Morgan fingerprint density at radius 2 is 1.88 bits per heavy atom. The SMILES string of the molecule is Cc1nn(C)c(C)c1CC(=O)N1CCN(C)C[C@@H]1c1ccccc1. The number of rotatable bonds is 3. The molecule has 128 valence electrons. The van der Waals surface area contributed by atoms with Crippen LogP contribution < -0.4 is 0 Å². The van der Waals surface area contributed by atoms with E-state index in [4.69, 9.17) is 0 Å². The lowest BCUT2D eigenvalue weighted by molar-refractivity contribution is -0.135. The minimum absolute atomic E-state index is 0.120. The van der Waals surface area contributed by atoms with E-state index in [-0.39, 0.29) is 11.9 Å². The van der Waals surface area contributed by atoms with Gasteiger partial charge in [-0.1, -0.05) is 30.3 Å². The van der Waals surface area contributed by atoms with Crippen LogP contribution in [0.3, 0.4) is 0 Å². The highest BCUT2D eigenvalue weighted by Gasteiger charge is 2.30. The van der Waals surface area contributed by atoms with Crippen LogP contribution in [0.25, 0.3) is 0 Å². The fraction of sp³-hybridized carbons (Fsp3) is 0.474. The van der Waals surface area contributed by atoms with Crippen molar-refractivity contribution in [3.63, 3.8) is 0 Å². The van der Waals surface area contributed by atoms with Crippen LogP contribution in [0.5, 0.6) is 0 Å². The molecular weight excluding hydrogens is 300 g/mol. The fourth-order valence-electron chi connectivity index (χ4n) is 3.50. The van der Waals surface area contributed by atoms with E-state index in [1.807, 2.05) is 48.7 Å². The van der Waals surface area contributed by atoms with Gasteiger partial charge in [-0.05, 0) is 26.5 Å². The molecule has 3 rings (SSSR count). The first-order valence-corrected chi connectivity index (χ1v) is 8.49. The molecule has 0 aliphatic carbocycles. The molecule has 2 aromatic rings. The highest BCUT2D eigenvalue weighted by atomic mass is 16.2. The van der Waals surface area contributed by atoms with Gasteiger partial charge < -0.3 is 9.80 Å². The first kappa shape index (κ1) is 16.7. The van der Waals surface area contributed by atoms with Crippen LogP contribution in [0.2, 0.25) is 0 Å². The van der Waals surface area contributed by atoms with Crippen LogP contribution in [0.15, 0.2) is 30.3 Å². The maximum absolute atomic E-state index is 13.0. The normalized spacial score (nSPS) is 18.8. The van der Waals surface area contributed by atoms with Crippen molar-refractivity contribution in [3.8, 4) is 0 Å². The standard InChI is InChI=1S/C19H26N4O/c1-14-17(15(2)22(4)20-14)12-19(24)23-11-10-21(3)13-18(23)16-8-6-5-7-9-16/h5-9,18H,10-13H2,1-4H3/t18-/m1/s1. The molecule has 24 heavy (non-hydrogen) atoms. The number of benzene rings is 1. The quantitative estimate of drug-likeness (QED) is 0.867. The second kappa shape index (κ2) is 6.77. The molecule has 0 radical (unpaired) electrons. The Balaban J connectivity index is 1.84. The van der Waals surface area contributed by atoms with E-state index in [9.17, 15) is 4.79 Å². The Morgan fingerprint density at radius 3 is 2.50 bits per heavy atom. The summed E-state index contributed by atoms with van der Waals surface area (Å²) in [6, 6.07) is 10.5. The molecule has 1 aromatic heterocycles. The van der Waals surface area contributed by atoms with Crippen LogP contribution in [-0.4, -0.2) is 52.2 Å². The summed E-state index contributed by atoms with van der Waals surface area (Å²) >= 11 is 0. The first-order valence-electron chi connectivity index (χ1n) is 8.49. The second-order valence-corrected chi connectivity index (χ2v) is 6.73. The highest BCUT2D eigenvalue weighted by molar-refractivity contribution is 5.80. The van der Waals surface area contributed by atoms with Gasteiger partial charge in [0.25, 0.3) is 0 Å². The minimum atomic E-state index is 0.120. The molecule has 1 atom stereocenters. The van der Waals surface area contributed by atoms with Crippen LogP contribution >= 0.6 is 0 Å². The number of hydrogen-bond donors (Lipinski definition) is 0. The molecule has 0 N–H and O–H groups in total. The van der Waals surface area contributed by atoms with Crippen molar-refractivity contribution in [2.45, 2.75) is 26.3 Å². The summed E-state index contributed by atoms with van der Waals surface area (Å²) in [6.45, 7) is 6.57. The van der Waals surface area contributed by atoms with Gasteiger partial charge in [0.05, 0.1) is 18.2 Å². The molecule has 1 aliphatic rings. The number of likely N-dealkylation sites (N-methyl/N-ethyl adjacent to an activating group) is 1. The van der Waals surface area contributed by atoms with E-state index >= 15 is 0 Å². The lowest BCUT2D eigenvalue weighted by atomic mass is 10.0. The van der Waals surface area contributed by atoms with Gasteiger partial charge in [-0.25, -0.2) is 0 Å². The van der Waals surface area contributed by atoms with Gasteiger partial charge in [0.1, 0.15) is 0 Å². The second-order valence-electron chi connectivity index (χ2n) is 6.73. The minimum Gasteiger partial charge on any atom is -0.333 e. The zero-order chi connectivity index (χ0) is 17.3. The van der Waals surface area contributed by atoms with Crippen molar-refractivity contribution in [3.05, 3.63) is 52.8 Å². The molecule has 0 saturated carbocycles. The number of piperazine rings is 1. The monoisotopic (exact) mass is 326 g/mol. The smallest absolute Gasteiger partial charge is 0.227 e. The van der Waals surface area contributed by atoms with E-state index in [1.165, 1.54) is 5.56 Å². The van der Waals surface area contributed by atoms with E-state index in [0.717, 1.165) is 36.6 Å². The summed E-state index contributed by atoms with van der Waals surface area (Å²) in [5.74, 6) is 0.191.